The first-order valence-corrected chi connectivity index (χ1v) is 11.7. The molecule has 2 heterocycles. The molecule has 0 bridgehead atoms. The Morgan fingerprint density at radius 2 is 1.81 bits per heavy atom. The summed E-state index contributed by atoms with van der Waals surface area (Å²) in [6, 6.07) is 14.1. The number of hydrogen-bond donors (Lipinski definition) is 1. The normalized spacial score (nSPS) is 11.1. The number of carbonyl (C=O) groups is 1. The molecule has 0 fully saturated rings. The number of rotatable bonds is 5. The highest BCUT2D eigenvalue weighted by Crippen LogP contribution is 2.32. The summed E-state index contributed by atoms with van der Waals surface area (Å²) in [5, 5.41) is 5.45. The molecular formula is C24H23N3O2S2. The third-order valence-corrected chi connectivity index (χ3v) is 7.10. The van der Waals surface area contributed by atoms with Gasteiger partial charge in [-0.1, -0.05) is 59.3 Å². The van der Waals surface area contributed by atoms with E-state index in [9.17, 15) is 9.59 Å². The molecule has 2 aromatic heterocycles. The number of amides is 1. The summed E-state index contributed by atoms with van der Waals surface area (Å²) in [5.74, 6) is 0.0405. The highest BCUT2D eigenvalue weighted by atomic mass is 32.2. The smallest absolute Gasteiger partial charge is 0.271 e. The van der Waals surface area contributed by atoms with Crippen molar-refractivity contribution in [2.24, 2.45) is 7.05 Å². The Labute approximate surface area is 189 Å². The van der Waals surface area contributed by atoms with Gasteiger partial charge < -0.3 is 5.32 Å². The molecule has 7 heteroatoms. The van der Waals surface area contributed by atoms with Crippen LogP contribution in [0.4, 0.5) is 5.69 Å². The molecule has 0 atom stereocenters. The summed E-state index contributed by atoms with van der Waals surface area (Å²) < 4.78 is 2.15. The van der Waals surface area contributed by atoms with Crippen molar-refractivity contribution in [3.05, 3.63) is 74.9 Å². The van der Waals surface area contributed by atoms with Crippen LogP contribution in [0.25, 0.3) is 21.3 Å². The van der Waals surface area contributed by atoms with Gasteiger partial charge in [-0.2, -0.15) is 0 Å². The van der Waals surface area contributed by atoms with Gasteiger partial charge in [0.05, 0.1) is 11.3 Å². The molecule has 0 spiro atoms. The van der Waals surface area contributed by atoms with E-state index in [0.29, 0.717) is 15.4 Å². The zero-order valence-electron chi connectivity index (χ0n) is 17.9. The summed E-state index contributed by atoms with van der Waals surface area (Å²) in [6.07, 6.45) is 0. The summed E-state index contributed by atoms with van der Waals surface area (Å²) in [7, 11) is 1.70. The van der Waals surface area contributed by atoms with Crippen molar-refractivity contribution < 1.29 is 4.79 Å². The summed E-state index contributed by atoms with van der Waals surface area (Å²) in [5.41, 5.74) is 6.72. The van der Waals surface area contributed by atoms with E-state index in [1.807, 2.05) is 68.6 Å². The fourth-order valence-corrected chi connectivity index (χ4v) is 5.11. The van der Waals surface area contributed by atoms with Crippen molar-refractivity contribution in [3.63, 3.8) is 0 Å². The average molecular weight is 450 g/mol. The molecule has 0 saturated heterocycles. The molecule has 0 unspecified atom stereocenters. The van der Waals surface area contributed by atoms with E-state index in [1.54, 1.807) is 7.05 Å². The van der Waals surface area contributed by atoms with Crippen molar-refractivity contribution >= 4 is 44.9 Å². The van der Waals surface area contributed by atoms with Crippen LogP contribution in [0.1, 0.15) is 16.7 Å². The van der Waals surface area contributed by atoms with Crippen molar-refractivity contribution in [1.29, 1.82) is 0 Å². The number of nitrogens with one attached hydrogen (secondary N) is 1. The lowest BCUT2D eigenvalue weighted by Crippen LogP contribution is -2.21. The standard InChI is InChI=1S/C24H23N3O2S2/c1-14-5-8-17(9-6-14)18-12-30-22-21(18)26-24(27(4)23(22)29)31-13-20(28)25-19-10-7-15(2)11-16(19)3/h5-12H,13H2,1-4H3,(H,25,28). The van der Waals surface area contributed by atoms with E-state index >= 15 is 0 Å². The predicted octanol–water partition coefficient (Wildman–Crippen LogP) is 5.32. The quantitative estimate of drug-likeness (QED) is 0.331. The van der Waals surface area contributed by atoms with Gasteiger partial charge in [0.1, 0.15) is 4.70 Å². The third kappa shape index (κ3) is 4.43. The highest BCUT2D eigenvalue weighted by molar-refractivity contribution is 7.99. The minimum absolute atomic E-state index is 0.0920. The van der Waals surface area contributed by atoms with Gasteiger partial charge in [0.15, 0.2) is 5.16 Å². The second kappa shape index (κ2) is 8.69. The van der Waals surface area contributed by atoms with Crippen LogP contribution in [-0.2, 0) is 11.8 Å². The van der Waals surface area contributed by atoms with Crippen molar-refractivity contribution in [2.45, 2.75) is 25.9 Å². The number of anilines is 1. The molecule has 5 nitrogen and oxygen atoms in total. The van der Waals surface area contributed by atoms with Crippen molar-refractivity contribution in [2.75, 3.05) is 11.1 Å². The molecular weight excluding hydrogens is 426 g/mol. The number of thioether (sulfide) groups is 1. The number of aryl methyl sites for hydroxylation is 3. The van der Waals surface area contributed by atoms with Gasteiger partial charge in [-0.05, 0) is 38.0 Å². The number of thiophene rings is 1. The Kier molecular flexibility index (Phi) is 5.98. The fourth-order valence-electron chi connectivity index (χ4n) is 3.36. The Balaban J connectivity index is 1.59. The Morgan fingerprint density at radius 1 is 1.10 bits per heavy atom. The van der Waals surface area contributed by atoms with Crippen LogP contribution in [0.15, 0.2) is 57.8 Å². The van der Waals surface area contributed by atoms with Gasteiger partial charge in [-0.25, -0.2) is 4.98 Å². The molecule has 0 aliphatic heterocycles. The average Bonchev–Trinajstić information content (AvgIpc) is 3.16. The summed E-state index contributed by atoms with van der Waals surface area (Å²) in [6.45, 7) is 6.03. The number of carbonyl (C=O) groups excluding carboxylic acids is 1. The Bertz CT molecular complexity index is 1340. The lowest BCUT2D eigenvalue weighted by Gasteiger charge is -2.10. The van der Waals surface area contributed by atoms with Crippen molar-refractivity contribution in [1.82, 2.24) is 9.55 Å². The van der Waals surface area contributed by atoms with Crippen molar-refractivity contribution in [3.8, 4) is 11.1 Å². The minimum atomic E-state index is -0.129. The topological polar surface area (TPSA) is 64.0 Å². The second-order valence-electron chi connectivity index (χ2n) is 7.61. The van der Waals surface area contributed by atoms with E-state index in [-0.39, 0.29) is 17.2 Å². The molecule has 0 aliphatic rings. The first kappa shape index (κ1) is 21.3. The SMILES string of the molecule is Cc1ccc(-c2csc3c(=O)n(C)c(SCC(=O)Nc4ccc(C)cc4C)nc23)cc1. The fraction of sp³-hybridized carbons (Fsp3) is 0.208. The minimum Gasteiger partial charge on any atom is -0.325 e. The van der Waals surface area contributed by atoms with Crippen LogP contribution in [-0.4, -0.2) is 21.2 Å². The zero-order chi connectivity index (χ0) is 22.1. The molecule has 2 aromatic carbocycles. The molecule has 0 aliphatic carbocycles. The van der Waals surface area contributed by atoms with Crippen LogP contribution in [0.2, 0.25) is 0 Å². The molecule has 4 rings (SSSR count). The lowest BCUT2D eigenvalue weighted by atomic mass is 10.1. The van der Waals surface area contributed by atoms with Gasteiger partial charge in [0.2, 0.25) is 5.91 Å². The maximum atomic E-state index is 12.9. The van der Waals surface area contributed by atoms with Crippen LogP contribution in [0.3, 0.4) is 0 Å². The summed E-state index contributed by atoms with van der Waals surface area (Å²) in [4.78, 5) is 30.1. The molecule has 1 amide bonds. The van der Waals surface area contributed by atoms with Crippen LogP contribution in [0, 0.1) is 20.8 Å². The summed E-state index contributed by atoms with van der Waals surface area (Å²) >= 11 is 2.67. The van der Waals surface area contributed by atoms with E-state index < -0.39 is 0 Å². The van der Waals surface area contributed by atoms with Gasteiger partial charge in [-0.3, -0.25) is 14.2 Å². The lowest BCUT2D eigenvalue weighted by molar-refractivity contribution is -0.113. The first-order valence-electron chi connectivity index (χ1n) is 9.88. The molecule has 1 N–H and O–H groups in total. The number of nitrogens with zero attached hydrogens (tertiary/aromatic N) is 2. The first-order chi connectivity index (χ1) is 14.8. The molecule has 158 valence electrons. The maximum Gasteiger partial charge on any atom is 0.271 e. The predicted molar refractivity (Wildman–Crippen MR) is 130 cm³/mol. The number of aromatic nitrogens is 2. The Morgan fingerprint density at radius 3 is 2.52 bits per heavy atom. The highest BCUT2D eigenvalue weighted by Gasteiger charge is 2.16. The molecule has 0 saturated carbocycles. The van der Waals surface area contributed by atoms with E-state index in [0.717, 1.165) is 27.9 Å². The largest absolute Gasteiger partial charge is 0.325 e. The Hall–Kier alpha value is -2.90. The van der Waals surface area contributed by atoms with E-state index in [4.69, 9.17) is 4.98 Å². The zero-order valence-corrected chi connectivity index (χ0v) is 19.5. The van der Waals surface area contributed by atoms with Gasteiger partial charge in [-0.15, -0.1) is 11.3 Å². The third-order valence-electron chi connectivity index (χ3n) is 5.11. The van der Waals surface area contributed by atoms with E-state index in [1.165, 1.54) is 33.2 Å². The van der Waals surface area contributed by atoms with Gasteiger partial charge in [0.25, 0.3) is 5.56 Å². The van der Waals surface area contributed by atoms with Crippen LogP contribution >= 0.6 is 23.1 Å². The molecule has 31 heavy (non-hydrogen) atoms. The van der Waals surface area contributed by atoms with Gasteiger partial charge in [0, 0.05) is 23.7 Å². The van der Waals surface area contributed by atoms with Gasteiger partial charge >= 0.3 is 0 Å². The number of fused-ring (bicyclic) bond motifs is 1. The molecule has 0 radical (unpaired) electrons. The molecule has 4 aromatic rings. The van der Waals surface area contributed by atoms with Crippen LogP contribution in [0.5, 0.6) is 0 Å². The van der Waals surface area contributed by atoms with Crippen LogP contribution < -0.4 is 10.9 Å². The number of benzene rings is 2. The van der Waals surface area contributed by atoms with E-state index in [2.05, 4.69) is 5.32 Å². The number of hydrogen-bond acceptors (Lipinski definition) is 5. The second-order valence-corrected chi connectivity index (χ2v) is 9.43. The monoisotopic (exact) mass is 449 g/mol. The maximum absolute atomic E-state index is 12.9.